The zero-order valence-electron chi connectivity index (χ0n) is 11.7. The van der Waals surface area contributed by atoms with Gasteiger partial charge in [0.15, 0.2) is 0 Å². The van der Waals surface area contributed by atoms with Crippen LogP contribution in [0, 0.1) is 11.7 Å². The fourth-order valence-corrected chi connectivity index (χ4v) is 2.97. The van der Waals surface area contributed by atoms with Crippen LogP contribution in [0.25, 0.3) is 0 Å². The maximum Gasteiger partial charge on any atom is 0.141 e. The highest BCUT2D eigenvalue weighted by molar-refractivity contribution is 5.17. The Bertz CT molecular complexity index is 409. The van der Waals surface area contributed by atoms with E-state index >= 15 is 0 Å². The summed E-state index contributed by atoms with van der Waals surface area (Å²) in [4.78, 5) is 4.08. The predicted molar refractivity (Wildman–Crippen MR) is 73.2 cm³/mol. The molecule has 4 heteroatoms. The number of rotatable bonds is 4. The largest absolute Gasteiger partial charge is 0.382 e. The van der Waals surface area contributed by atoms with Crippen molar-refractivity contribution in [3.8, 4) is 0 Å². The molecule has 0 bridgehead atoms. The summed E-state index contributed by atoms with van der Waals surface area (Å²) in [5.41, 5.74) is -0.452. The number of piperidine rings is 1. The zero-order valence-corrected chi connectivity index (χ0v) is 11.7. The molecule has 2 N–H and O–H groups in total. The Morgan fingerprint density at radius 3 is 2.84 bits per heavy atom. The van der Waals surface area contributed by atoms with Crippen molar-refractivity contribution in [1.82, 2.24) is 10.3 Å². The lowest BCUT2D eigenvalue weighted by atomic mass is 9.78. The summed E-state index contributed by atoms with van der Waals surface area (Å²) in [6.45, 7) is 5.06. The molecular formula is C15H23FN2O. The van der Waals surface area contributed by atoms with Crippen molar-refractivity contribution in [3.63, 3.8) is 0 Å². The molecule has 1 saturated heterocycles. The Morgan fingerprint density at radius 2 is 2.26 bits per heavy atom. The van der Waals surface area contributed by atoms with Crippen LogP contribution in [-0.4, -0.2) is 22.7 Å². The van der Waals surface area contributed by atoms with Crippen molar-refractivity contribution < 1.29 is 9.50 Å². The molecule has 3 unspecified atom stereocenters. The summed E-state index contributed by atoms with van der Waals surface area (Å²) in [6, 6.07) is 2.95. The van der Waals surface area contributed by atoms with Crippen LogP contribution in [0.4, 0.5) is 4.39 Å². The normalized spacial score (nSPS) is 26.9. The van der Waals surface area contributed by atoms with Crippen molar-refractivity contribution in [2.75, 3.05) is 6.54 Å². The minimum Gasteiger partial charge on any atom is -0.382 e. The summed E-state index contributed by atoms with van der Waals surface area (Å²) in [6.07, 6.45) is 4.98. The van der Waals surface area contributed by atoms with Crippen molar-refractivity contribution in [1.29, 1.82) is 0 Å². The minimum atomic E-state index is -1.01. The van der Waals surface area contributed by atoms with Crippen LogP contribution >= 0.6 is 0 Å². The highest BCUT2D eigenvalue weighted by Gasteiger charge is 2.40. The summed E-state index contributed by atoms with van der Waals surface area (Å²) < 4.78 is 13.0. The monoisotopic (exact) mass is 266 g/mol. The van der Waals surface area contributed by atoms with Crippen LogP contribution in [0.1, 0.15) is 45.2 Å². The molecule has 0 amide bonds. The standard InChI is InChI=1S/C15H23FN2O/c1-3-11-7-8-17-14(9-11)15(19,4-2)13-6-5-12(16)10-18-13/h5-6,10-11,14,17,19H,3-4,7-9H2,1-2H3. The molecule has 0 aliphatic carbocycles. The van der Waals surface area contributed by atoms with Crippen LogP contribution in [0.3, 0.4) is 0 Å². The van der Waals surface area contributed by atoms with E-state index in [2.05, 4.69) is 17.2 Å². The third-order valence-corrected chi connectivity index (χ3v) is 4.38. The molecule has 3 nitrogen and oxygen atoms in total. The fraction of sp³-hybridized carbons (Fsp3) is 0.667. The predicted octanol–water partition coefficient (Wildman–Crippen LogP) is 2.60. The molecule has 0 saturated carbocycles. The molecule has 1 aromatic rings. The first-order valence-corrected chi connectivity index (χ1v) is 7.18. The van der Waals surface area contributed by atoms with Crippen LogP contribution in [0.2, 0.25) is 0 Å². The molecule has 1 aliphatic heterocycles. The van der Waals surface area contributed by atoms with Crippen molar-refractivity contribution in [2.24, 2.45) is 5.92 Å². The molecule has 19 heavy (non-hydrogen) atoms. The van der Waals surface area contributed by atoms with Crippen LogP contribution in [0.15, 0.2) is 18.3 Å². The van der Waals surface area contributed by atoms with Crippen molar-refractivity contribution in [2.45, 2.75) is 51.2 Å². The fourth-order valence-electron chi connectivity index (χ4n) is 2.97. The average molecular weight is 266 g/mol. The summed E-state index contributed by atoms with van der Waals surface area (Å²) in [5.74, 6) is 0.273. The molecule has 2 heterocycles. The average Bonchev–Trinajstić information content (AvgIpc) is 2.47. The lowest BCUT2D eigenvalue weighted by molar-refractivity contribution is -0.0272. The maximum atomic E-state index is 13.0. The van der Waals surface area contributed by atoms with E-state index in [0.717, 1.165) is 25.8 Å². The Labute approximate surface area is 114 Å². The number of hydrogen-bond donors (Lipinski definition) is 2. The second-order valence-corrected chi connectivity index (χ2v) is 5.44. The van der Waals surface area contributed by atoms with E-state index in [0.29, 0.717) is 18.0 Å². The van der Waals surface area contributed by atoms with Gasteiger partial charge in [-0.15, -0.1) is 0 Å². The third kappa shape index (κ3) is 2.95. The Hall–Kier alpha value is -1.00. The number of nitrogens with one attached hydrogen (secondary N) is 1. The topological polar surface area (TPSA) is 45.1 Å². The van der Waals surface area contributed by atoms with E-state index in [4.69, 9.17) is 0 Å². The van der Waals surface area contributed by atoms with Gasteiger partial charge in [0.1, 0.15) is 11.4 Å². The quantitative estimate of drug-likeness (QED) is 0.880. The van der Waals surface area contributed by atoms with Gasteiger partial charge >= 0.3 is 0 Å². The molecule has 2 rings (SSSR count). The molecule has 3 atom stereocenters. The van der Waals surface area contributed by atoms with E-state index in [9.17, 15) is 9.50 Å². The highest BCUT2D eigenvalue weighted by Crippen LogP contribution is 2.34. The van der Waals surface area contributed by atoms with Gasteiger partial charge in [0.2, 0.25) is 0 Å². The van der Waals surface area contributed by atoms with Gasteiger partial charge in [0.25, 0.3) is 0 Å². The number of pyridine rings is 1. The lowest BCUT2D eigenvalue weighted by Gasteiger charge is -2.40. The second kappa shape index (κ2) is 5.97. The molecule has 0 spiro atoms. The molecule has 1 aromatic heterocycles. The van der Waals surface area contributed by atoms with Gasteiger partial charge in [0, 0.05) is 6.04 Å². The number of halogens is 1. The lowest BCUT2D eigenvalue weighted by Crippen LogP contribution is -2.52. The highest BCUT2D eigenvalue weighted by atomic mass is 19.1. The van der Waals surface area contributed by atoms with Gasteiger partial charge in [-0.2, -0.15) is 0 Å². The Balaban J connectivity index is 2.23. The summed E-state index contributed by atoms with van der Waals surface area (Å²) in [7, 11) is 0. The molecule has 1 fully saturated rings. The summed E-state index contributed by atoms with van der Waals surface area (Å²) >= 11 is 0. The first-order chi connectivity index (χ1) is 9.10. The van der Waals surface area contributed by atoms with E-state index < -0.39 is 5.60 Å². The summed E-state index contributed by atoms with van der Waals surface area (Å²) in [5, 5.41) is 14.4. The first kappa shape index (κ1) is 14.4. The Kier molecular flexibility index (Phi) is 4.53. The number of hydrogen-bond acceptors (Lipinski definition) is 3. The Morgan fingerprint density at radius 1 is 1.47 bits per heavy atom. The second-order valence-electron chi connectivity index (χ2n) is 5.44. The van der Waals surface area contributed by atoms with Gasteiger partial charge in [-0.1, -0.05) is 20.3 Å². The number of nitrogens with zero attached hydrogens (tertiary/aromatic N) is 1. The van der Waals surface area contributed by atoms with Gasteiger partial charge in [-0.05, 0) is 43.9 Å². The van der Waals surface area contributed by atoms with Crippen LogP contribution < -0.4 is 5.32 Å². The molecule has 106 valence electrons. The van der Waals surface area contributed by atoms with Gasteiger partial charge in [-0.3, -0.25) is 4.98 Å². The van der Waals surface area contributed by atoms with Crippen LogP contribution in [-0.2, 0) is 5.60 Å². The maximum absolute atomic E-state index is 13.0. The van der Waals surface area contributed by atoms with Gasteiger partial charge < -0.3 is 10.4 Å². The molecular weight excluding hydrogens is 243 g/mol. The van der Waals surface area contributed by atoms with Gasteiger partial charge in [0.05, 0.1) is 11.9 Å². The zero-order chi connectivity index (χ0) is 13.9. The smallest absolute Gasteiger partial charge is 0.141 e. The van der Waals surface area contributed by atoms with Crippen LogP contribution in [0.5, 0.6) is 0 Å². The van der Waals surface area contributed by atoms with E-state index in [1.54, 1.807) is 6.07 Å². The minimum absolute atomic E-state index is 0.00541. The van der Waals surface area contributed by atoms with E-state index in [-0.39, 0.29) is 11.9 Å². The van der Waals surface area contributed by atoms with E-state index in [1.807, 2.05) is 6.92 Å². The van der Waals surface area contributed by atoms with Crippen molar-refractivity contribution >= 4 is 0 Å². The number of aliphatic hydroxyl groups is 1. The molecule has 0 aromatic carbocycles. The van der Waals surface area contributed by atoms with E-state index in [1.165, 1.54) is 12.3 Å². The molecule has 1 aliphatic rings. The van der Waals surface area contributed by atoms with Crippen molar-refractivity contribution in [3.05, 3.63) is 29.8 Å². The third-order valence-electron chi connectivity index (χ3n) is 4.38. The van der Waals surface area contributed by atoms with Gasteiger partial charge in [-0.25, -0.2) is 4.39 Å². The number of aromatic nitrogens is 1. The SMILES string of the molecule is CCC1CCNC(C(O)(CC)c2ccc(F)cn2)C1. The first-order valence-electron chi connectivity index (χ1n) is 7.18. The molecule has 0 radical (unpaired) electrons.